The number of benzene rings is 12. The maximum Gasteiger partial charge on any atom is 0.135 e. The highest BCUT2D eigenvalue weighted by atomic mass is 16.5. The van der Waals surface area contributed by atoms with E-state index in [0.717, 1.165) is 34.1 Å². The summed E-state index contributed by atoms with van der Waals surface area (Å²) in [6.07, 6.45) is 0. The minimum absolute atomic E-state index is 0.906. The average Bonchev–Trinajstić information content (AvgIpc) is 3.39. The Morgan fingerprint density at radius 3 is 0.864 bits per heavy atom. The Kier molecular flexibility index (Phi) is 8.02. The summed E-state index contributed by atoms with van der Waals surface area (Å²) in [5.41, 5.74) is 16.7. The van der Waals surface area contributed by atoms with E-state index in [-0.39, 0.29) is 0 Å². The second kappa shape index (κ2) is 14.4. The highest BCUT2D eigenvalue weighted by molar-refractivity contribution is 6.14. The largest absolute Gasteiger partial charge is 0.456 e. The van der Waals surface area contributed by atoms with Gasteiger partial charge in [-0.05, 0) is 123 Å². The first-order valence-corrected chi connectivity index (χ1v) is 22.6. The van der Waals surface area contributed by atoms with Gasteiger partial charge in [0.15, 0.2) is 0 Å². The second-order valence-corrected chi connectivity index (χ2v) is 17.4. The molecule has 0 bridgehead atoms. The lowest BCUT2D eigenvalue weighted by Gasteiger charge is -2.22. The number of hydrogen-bond donors (Lipinski definition) is 0. The summed E-state index contributed by atoms with van der Waals surface area (Å²) in [6, 6.07) is 83.5. The number of ether oxygens (including phenoxy) is 2. The topological polar surface area (TPSA) is 18.5 Å². The van der Waals surface area contributed by atoms with Crippen LogP contribution in [0.4, 0.5) is 0 Å². The van der Waals surface area contributed by atoms with Gasteiger partial charge in [0, 0.05) is 21.9 Å². The predicted molar refractivity (Wildman–Crippen MR) is 275 cm³/mol. The number of para-hydroxylation sites is 2. The Morgan fingerprint density at radius 1 is 0.167 bits per heavy atom. The first kappa shape index (κ1) is 36.7. The third-order valence-corrected chi connectivity index (χ3v) is 14.0. The zero-order valence-electron chi connectivity index (χ0n) is 35.8. The maximum atomic E-state index is 6.39. The highest BCUT2D eigenvalue weighted by Gasteiger charge is 2.23. The van der Waals surface area contributed by atoms with E-state index in [4.69, 9.17) is 9.47 Å². The molecule has 12 aromatic carbocycles. The van der Waals surface area contributed by atoms with E-state index >= 15 is 0 Å². The molecule has 0 atom stereocenters. The molecule has 2 aliphatic heterocycles. The monoisotopic (exact) mass is 838 g/mol. The van der Waals surface area contributed by atoms with E-state index in [1.54, 1.807) is 0 Å². The van der Waals surface area contributed by atoms with Crippen molar-refractivity contribution in [3.05, 3.63) is 231 Å². The van der Waals surface area contributed by atoms with Gasteiger partial charge in [0.1, 0.15) is 23.0 Å². The molecule has 2 heteroatoms. The van der Waals surface area contributed by atoms with Gasteiger partial charge in [0.05, 0.1) is 0 Å². The van der Waals surface area contributed by atoms with Crippen molar-refractivity contribution in [1.82, 2.24) is 0 Å². The fourth-order valence-corrected chi connectivity index (χ4v) is 10.9. The molecule has 0 saturated carbocycles. The van der Waals surface area contributed by atoms with E-state index in [1.165, 1.54) is 110 Å². The molecule has 306 valence electrons. The van der Waals surface area contributed by atoms with Crippen molar-refractivity contribution in [2.45, 2.75) is 0 Å². The molecule has 0 amide bonds. The molecule has 0 N–H and O–H groups in total. The van der Waals surface area contributed by atoms with Gasteiger partial charge in [-0.3, -0.25) is 0 Å². The molecule has 2 heterocycles. The number of fused-ring (bicyclic) bond motifs is 6. The van der Waals surface area contributed by atoms with E-state index in [1.807, 2.05) is 24.3 Å². The normalized spacial score (nSPS) is 12.2. The summed E-state index contributed by atoms with van der Waals surface area (Å²) in [5.74, 6) is 3.63. The minimum Gasteiger partial charge on any atom is -0.456 e. The van der Waals surface area contributed by atoms with Gasteiger partial charge >= 0.3 is 0 Å². The third-order valence-electron chi connectivity index (χ3n) is 14.0. The van der Waals surface area contributed by atoms with Crippen molar-refractivity contribution in [3.8, 4) is 101 Å². The van der Waals surface area contributed by atoms with Crippen LogP contribution >= 0.6 is 0 Å². The lowest BCUT2D eigenvalue weighted by atomic mass is 9.87. The molecule has 0 spiro atoms. The van der Waals surface area contributed by atoms with Gasteiger partial charge < -0.3 is 9.47 Å². The molecule has 12 aromatic rings. The summed E-state index contributed by atoms with van der Waals surface area (Å²) in [4.78, 5) is 0. The summed E-state index contributed by atoms with van der Waals surface area (Å²) >= 11 is 0. The lowest BCUT2D eigenvalue weighted by Crippen LogP contribution is -1.97. The van der Waals surface area contributed by atoms with Gasteiger partial charge in [-0.25, -0.2) is 0 Å². The van der Waals surface area contributed by atoms with Gasteiger partial charge in [-0.2, -0.15) is 0 Å². The first-order chi connectivity index (χ1) is 32.7. The highest BCUT2D eigenvalue weighted by Crippen LogP contribution is 2.51. The Labute approximate surface area is 382 Å². The van der Waals surface area contributed by atoms with Crippen LogP contribution in [-0.2, 0) is 0 Å². The fraction of sp³-hybridized carbons (Fsp3) is 0. The van der Waals surface area contributed by atoms with E-state index in [0.29, 0.717) is 0 Å². The zero-order valence-corrected chi connectivity index (χ0v) is 35.8. The molecule has 14 rings (SSSR count). The molecule has 2 aliphatic rings. The molecule has 0 saturated heterocycles. The van der Waals surface area contributed by atoms with Crippen LogP contribution in [0.3, 0.4) is 0 Å². The first-order valence-electron chi connectivity index (χ1n) is 22.6. The maximum absolute atomic E-state index is 6.39. The number of rotatable bonds is 5. The van der Waals surface area contributed by atoms with Crippen LogP contribution in [0.15, 0.2) is 231 Å². The summed E-state index contributed by atoms with van der Waals surface area (Å²) in [6.45, 7) is 0. The van der Waals surface area contributed by atoms with Gasteiger partial charge in [-0.15, -0.1) is 0 Å². The van der Waals surface area contributed by atoms with Crippen molar-refractivity contribution >= 4 is 43.1 Å². The molecule has 0 aromatic heterocycles. The van der Waals surface area contributed by atoms with Gasteiger partial charge in [0.2, 0.25) is 0 Å². The molecule has 2 nitrogen and oxygen atoms in total. The van der Waals surface area contributed by atoms with E-state index in [2.05, 4.69) is 206 Å². The number of hydrogen-bond acceptors (Lipinski definition) is 2. The molecule has 0 unspecified atom stereocenters. The van der Waals surface area contributed by atoms with Crippen molar-refractivity contribution in [3.63, 3.8) is 0 Å². The molecular weight excluding hydrogens is 801 g/mol. The van der Waals surface area contributed by atoms with E-state index < -0.39 is 0 Å². The third kappa shape index (κ3) is 5.55. The zero-order chi connectivity index (χ0) is 43.3. The standard InChI is InChI=1S/C64H38O2/c1-3-13-49-47(11-1)43(39-23-27-41(28-24-39)45-35-37-61-63-55(45)17-9-19-57(63)53-15-5-7-21-59(53)65-61)31-33-51(49)52-34-32-44(48-12-2-4-14-50(48)52)40-25-29-42(30-26-40)46-36-38-62-64-56(46)18-10-20-58(64)54-16-6-8-22-60(54)66-62/h1-38H. The molecule has 66 heavy (non-hydrogen) atoms. The molecule has 0 aliphatic carbocycles. The molecule has 0 fully saturated rings. The Bertz CT molecular complexity index is 3710. The summed E-state index contributed by atoms with van der Waals surface area (Å²) in [7, 11) is 0. The van der Waals surface area contributed by atoms with Crippen LogP contribution < -0.4 is 9.47 Å². The average molecular weight is 839 g/mol. The predicted octanol–water partition coefficient (Wildman–Crippen LogP) is 18.2. The summed E-state index contributed by atoms with van der Waals surface area (Å²) < 4.78 is 12.8. The smallest absolute Gasteiger partial charge is 0.135 e. The van der Waals surface area contributed by atoms with Crippen LogP contribution in [0.5, 0.6) is 23.0 Å². The van der Waals surface area contributed by atoms with Crippen LogP contribution in [0, 0.1) is 0 Å². The summed E-state index contributed by atoms with van der Waals surface area (Å²) in [5, 5.41) is 9.67. The quantitative estimate of drug-likeness (QED) is 0.172. The van der Waals surface area contributed by atoms with Gasteiger partial charge in [0.25, 0.3) is 0 Å². The molecular formula is C64H38O2. The van der Waals surface area contributed by atoms with Crippen molar-refractivity contribution in [2.75, 3.05) is 0 Å². The minimum atomic E-state index is 0.906. The van der Waals surface area contributed by atoms with Crippen molar-refractivity contribution in [2.24, 2.45) is 0 Å². The SMILES string of the molecule is c1ccc2c(c1)Oc1ccc(-c3ccc(-c4ccc(-c5ccc(-c6ccc(-c7ccc8c9c(cccc79)-c7ccccc7O8)cc6)c6ccccc56)c5ccccc45)cc3)c3cccc-2c13. The van der Waals surface area contributed by atoms with Crippen molar-refractivity contribution < 1.29 is 9.47 Å². The van der Waals surface area contributed by atoms with Crippen LogP contribution in [0.2, 0.25) is 0 Å². The van der Waals surface area contributed by atoms with Crippen LogP contribution in [0.25, 0.3) is 121 Å². The van der Waals surface area contributed by atoms with Crippen molar-refractivity contribution in [1.29, 1.82) is 0 Å². The second-order valence-electron chi connectivity index (χ2n) is 17.4. The fourth-order valence-electron chi connectivity index (χ4n) is 10.9. The van der Waals surface area contributed by atoms with Gasteiger partial charge in [-0.1, -0.05) is 206 Å². The molecule has 0 radical (unpaired) electrons. The van der Waals surface area contributed by atoms with E-state index in [9.17, 15) is 0 Å². The Morgan fingerprint density at radius 2 is 0.455 bits per heavy atom. The van der Waals surface area contributed by atoms with Crippen LogP contribution in [-0.4, -0.2) is 0 Å². The van der Waals surface area contributed by atoms with Crippen LogP contribution in [0.1, 0.15) is 0 Å². The Balaban J connectivity index is 0.808. The Hall–Kier alpha value is -8.72. The lowest BCUT2D eigenvalue weighted by molar-refractivity contribution is 0.487.